The van der Waals surface area contributed by atoms with E-state index in [0.717, 1.165) is 30.8 Å². The molecule has 5 atom stereocenters. The number of carbonyl (C=O) groups is 1. The summed E-state index contributed by atoms with van der Waals surface area (Å²) < 4.78 is 23.8. The monoisotopic (exact) mass is 446 g/mol. The predicted molar refractivity (Wildman–Crippen MR) is 123 cm³/mol. The van der Waals surface area contributed by atoms with Crippen molar-refractivity contribution < 1.29 is 23.4 Å². The molecule has 0 N–H and O–H groups in total. The summed E-state index contributed by atoms with van der Waals surface area (Å²) in [5.74, 6) is 2.18. The molecule has 0 saturated heterocycles. The highest BCUT2D eigenvalue weighted by Crippen LogP contribution is 2.71. The average Bonchev–Trinajstić information content (AvgIpc) is 3.20. The number of hydrogen-bond acceptors (Lipinski definition) is 5. The Morgan fingerprint density at radius 1 is 1.16 bits per heavy atom. The molecule has 0 bridgehead atoms. The van der Waals surface area contributed by atoms with Crippen molar-refractivity contribution in [3.63, 3.8) is 0 Å². The van der Waals surface area contributed by atoms with Gasteiger partial charge in [-0.05, 0) is 79.4 Å². The first-order chi connectivity index (χ1) is 14.5. The maximum Gasteiger partial charge on any atom is 0.309 e. The fourth-order valence-corrected chi connectivity index (χ4v) is 7.37. The summed E-state index contributed by atoms with van der Waals surface area (Å²) in [5.41, 5.74) is 2.43. The quantitative estimate of drug-likeness (QED) is 0.449. The molecule has 31 heavy (non-hydrogen) atoms. The number of ether oxygens (including phenoxy) is 3. The van der Waals surface area contributed by atoms with Crippen molar-refractivity contribution in [3.8, 4) is 11.5 Å². The van der Waals surface area contributed by atoms with E-state index >= 15 is 0 Å². The molecular formula is C25H38O5Si. The lowest BCUT2D eigenvalue weighted by molar-refractivity contribution is -0.146. The van der Waals surface area contributed by atoms with Gasteiger partial charge in [-0.3, -0.25) is 4.79 Å². The lowest BCUT2D eigenvalue weighted by atomic mass is 9.74. The third kappa shape index (κ3) is 3.32. The first-order valence-electron chi connectivity index (χ1n) is 11.6. The molecule has 2 saturated carbocycles. The van der Waals surface area contributed by atoms with Crippen LogP contribution in [0.2, 0.25) is 18.1 Å². The maximum absolute atomic E-state index is 12.7. The van der Waals surface area contributed by atoms with Gasteiger partial charge in [-0.1, -0.05) is 20.8 Å². The molecule has 0 amide bonds. The Morgan fingerprint density at radius 3 is 2.39 bits per heavy atom. The van der Waals surface area contributed by atoms with Gasteiger partial charge in [-0.25, -0.2) is 0 Å². The standard InChI is InChI=1S/C25H38O5Si/c1-9-29-23(26)21-16-10-11-25(22(16)21)17-14-19(28-6)18(27-5)12-15(17)13-20(25)30-31(7,8)24(2,3)4/h12,14,16,20-22H,9-11,13H2,1-8H3/t16-,20+,21-,22-,25+/m0/s1. The zero-order valence-electron chi connectivity index (χ0n) is 20.3. The first kappa shape index (κ1) is 22.7. The SMILES string of the molecule is CCOC(=O)[C@H]1[C@@H]2CC[C@]3(c4cc(OC)c(OC)cc4C[C@H]3O[Si](C)(C)C(C)(C)C)[C@@H]21. The molecule has 0 aliphatic heterocycles. The molecule has 5 nitrogen and oxygen atoms in total. The van der Waals surface area contributed by atoms with Crippen molar-refractivity contribution >= 4 is 14.3 Å². The van der Waals surface area contributed by atoms with Crippen LogP contribution >= 0.6 is 0 Å². The Hall–Kier alpha value is -1.53. The normalized spacial score (nSPS) is 31.4. The van der Waals surface area contributed by atoms with E-state index in [0.29, 0.717) is 18.4 Å². The fourth-order valence-electron chi connectivity index (χ4n) is 6.02. The van der Waals surface area contributed by atoms with Crippen molar-refractivity contribution in [1.29, 1.82) is 0 Å². The summed E-state index contributed by atoms with van der Waals surface area (Å²) >= 11 is 0. The highest BCUT2D eigenvalue weighted by atomic mass is 28.4. The molecule has 172 valence electrons. The van der Waals surface area contributed by atoms with Crippen LogP contribution in [-0.2, 0) is 25.8 Å². The molecule has 0 heterocycles. The molecule has 0 radical (unpaired) electrons. The Labute approximate surface area is 187 Å². The number of methoxy groups -OCH3 is 2. The fraction of sp³-hybridized carbons (Fsp3) is 0.720. The number of benzene rings is 1. The molecule has 3 aliphatic rings. The highest BCUT2D eigenvalue weighted by molar-refractivity contribution is 6.74. The molecule has 3 aliphatic carbocycles. The first-order valence-corrected chi connectivity index (χ1v) is 14.5. The van der Waals surface area contributed by atoms with Crippen LogP contribution in [0.25, 0.3) is 0 Å². The molecule has 1 aromatic rings. The third-order valence-corrected chi connectivity index (χ3v) is 13.0. The van der Waals surface area contributed by atoms with Crippen LogP contribution in [0.4, 0.5) is 0 Å². The lowest BCUT2D eigenvalue weighted by Gasteiger charge is -2.44. The van der Waals surface area contributed by atoms with E-state index in [1.165, 1.54) is 11.1 Å². The smallest absolute Gasteiger partial charge is 0.309 e. The number of esters is 1. The molecule has 4 rings (SSSR count). The lowest BCUT2D eigenvalue weighted by Crippen LogP contribution is -2.50. The minimum absolute atomic E-state index is 0.00161. The average molecular weight is 447 g/mol. The van der Waals surface area contributed by atoms with E-state index in [-0.39, 0.29) is 28.4 Å². The van der Waals surface area contributed by atoms with Crippen LogP contribution in [0, 0.1) is 17.8 Å². The second-order valence-corrected chi connectivity index (χ2v) is 15.7. The Balaban J connectivity index is 1.79. The van der Waals surface area contributed by atoms with Gasteiger partial charge in [0.25, 0.3) is 0 Å². The largest absolute Gasteiger partial charge is 0.493 e. The topological polar surface area (TPSA) is 54.0 Å². The predicted octanol–water partition coefficient (Wildman–Crippen LogP) is 5.11. The van der Waals surface area contributed by atoms with Crippen molar-refractivity contribution in [1.82, 2.24) is 0 Å². The molecular weight excluding hydrogens is 408 g/mol. The molecule has 0 unspecified atom stereocenters. The van der Waals surface area contributed by atoms with Crippen LogP contribution < -0.4 is 9.47 Å². The van der Waals surface area contributed by atoms with E-state index in [9.17, 15) is 4.79 Å². The molecule has 1 spiro atoms. The van der Waals surface area contributed by atoms with Crippen LogP contribution in [0.3, 0.4) is 0 Å². The van der Waals surface area contributed by atoms with Gasteiger partial charge in [-0.15, -0.1) is 0 Å². The van der Waals surface area contributed by atoms with E-state index in [2.05, 4.69) is 46.0 Å². The Bertz CT molecular complexity index is 873. The third-order valence-electron chi connectivity index (χ3n) is 8.55. The number of rotatable bonds is 6. The van der Waals surface area contributed by atoms with Gasteiger partial charge in [-0.2, -0.15) is 0 Å². The molecule has 6 heteroatoms. The minimum atomic E-state index is -2.00. The number of carbonyl (C=O) groups excluding carboxylic acids is 1. The van der Waals surface area contributed by atoms with Crippen LogP contribution in [0.15, 0.2) is 12.1 Å². The van der Waals surface area contributed by atoms with Crippen molar-refractivity contribution in [2.75, 3.05) is 20.8 Å². The zero-order chi connectivity index (χ0) is 22.8. The second kappa shape index (κ2) is 7.51. The van der Waals surface area contributed by atoms with E-state index in [1.54, 1.807) is 14.2 Å². The molecule has 0 aromatic heterocycles. The van der Waals surface area contributed by atoms with Crippen molar-refractivity contribution in [2.24, 2.45) is 17.8 Å². The summed E-state index contributed by atoms with van der Waals surface area (Å²) in [6.45, 7) is 13.8. The number of hydrogen-bond donors (Lipinski definition) is 0. The van der Waals surface area contributed by atoms with Gasteiger partial charge in [0.2, 0.25) is 0 Å². The summed E-state index contributed by atoms with van der Waals surface area (Å²) in [7, 11) is 1.37. The second-order valence-electron chi connectivity index (χ2n) is 11.0. The van der Waals surface area contributed by atoms with E-state index < -0.39 is 8.32 Å². The van der Waals surface area contributed by atoms with E-state index in [4.69, 9.17) is 18.6 Å². The van der Waals surface area contributed by atoms with Gasteiger partial charge in [0.05, 0.1) is 32.8 Å². The zero-order valence-corrected chi connectivity index (χ0v) is 21.3. The van der Waals surface area contributed by atoms with Crippen LogP contribution in [0.1, 0.15) is 51.7 Å². The minimum Gasteiger partial charge on any atom is -0.493 e. The van der Waals surface area contributed by atoms with Crippen molar-refractivity contribution in [3.05, 3.63) is 23.3 Å². The number of fused-ring (bicyclic) bond motifs is 4. The summed E-state index contributed by atoms with van der Waals surface area (Å²) in [4.78, 5) is 12.7. The van der Waals surface area contributed by atoms with Gasteiger partial charge in [0.15, 0.2) is 19.8 Å². The maximum atomic E-state index is 12.7. The van der Waals surface area contributed by atoms with Gasteiger partial charge >= 0.3 is 5.97 Å². The van der Waals surface area contributed by atoms with Crippen LogP contribution in [-0.4, -0.2) is 41.2 Å². The summed E-state index contributed by atoms with van der Waals surface area (Å²) in [5, 5.41) is 0.125. The Kier molecular flexibility index (Phi) is 5.49. The molecule has 1 aromatic carbocycles. The Morgan fingerprint density at radius 2 is 1.81 bits per heavy atom. The summed E-state index contributed by atoms with van der Waals surface area (Å²) in [6.07, 6.45) is 3.05. The van der Waals surface area contributed by atoms with Gasteiger partial charge in [0, 0.05) is 5.41 Å². The summed E-state index contributed by atoms with van der Waals surface area (Å²) in [6, 6.07) is 4.28. The van der Waals surface area contributed by atoms with Crippen LogP contribution in [0.5, 0.6) is 11.5 Å². The van der Waals surface area contributed by atoms with Crippen molar-refractivity contribution in [2.45, 2.75) is 76.6 Å². The van der Waals surface area contributed by atoms with E-state index in [1.807, 2.05) is 6.92 Å². The van der Waals surface area contributed by atoms with Gasteiger partial charge in [0.1, 0.15) is 0 Å². The highest BCUT2D eigenvalue weighted by Gasteiger charge is 2.73. The van der Waals surface area contributed by atoms with Gasteiger partial charge < -0.3 is 18.6 Å². The molecule has 2 fully saturated rings.